The van der Waals surface area contributed by atoms with E-state index in [9.17, 15) is 4.39 Å². The van der Waals surface area contributed by atoms with Crippen molar-refractivity contribution in [3.8, 4) is 66.8 Å². The molecule has 2 aliphatic rings. The number of hydrogen-bond acceptors (Lipinski definition) is 0. The van der Waals surface area contributed by atoms with Crippen molar-refractivity contribution in [2.45, 2.75) is 38.5 Å². The van der Waals surface area contributed by atoms with Crippen LogP contribution in [0.4, 0.5) is 4.39 Å². The Balaban J connectivity index is 0.985. The minimum absolute atomic E-state index is 0.0481. The summed E-state index contributed by atoms with van der Waals surface area (Å²) >= 11 is 0. The molecule has 11 aromatic carbocycles. The maximum Gasteiger partial charge on any atom is 0.123 e. The Kier molecular flexibility index (Phi) is 7.99. The summed E-state index contributed by atoms with van der Waals surface area (Å²) in [5.41, 5.74) is 20.0. The number of hydrogen-bond donors (Lipinski definition) is 0. The zero-order chi connectivity index (χ0) is 43.8. The molecule has 65 heavy (non-hydrogen) atoms. The highest BCUT2D eigenvalue weighted by Crippen LogP contribution is 2.55. The van der Waals surface area contributed by atoms with Gasteiger partial charge in [-0.2, -0.15) is 0 Å². The van der Waals surface area contributed by atoms with Gasteiger partial charge in [0.2, 0.25) is 0 Å². The Morgan fingerprint density at radius 2 is 0.585 bits per heavy atom. The normalized spacial score (nSPS) is 14.2. The van der Waals surface area contributed by atoms with Crippen LogP contribution in [0.1, 0.15) is 49.9 Å². The van der Waals surface area contributed by atoms with Gasteiger partial charge in [-0.15, -0.1) is 0 Å². The van der Waals surface area contributed by atoms with E-state index in [-0.39, 0.29) is 16.6 Å². The van der Waals surface area contributed by atoms with Crippen LogP contribution in [-0.2, 0) is 10.8 Å². The largest absolute Gasteiger partial charge is 0.207 e. The molecule has 11 aromatic rings. The smallest absolute Gasteiger partial charge is 0.123 e. The monoisotopic (exact) mass is 832 g/mol. The van der Waals surface area contributed by atoms with Gasteiger partial charge in [0.1, 0.15) is 5.82 Å². The Labute approximate surface area is 379 Å². The van der Waals surface area contributed by atoms with E-state index in [0.29, 0.717) is 0 Å². The fourth-order valence-electron chi connectivity index (χ4n) is 12.0. The molecule has 13 rings (SSSR count). The van der Waals surface area contributed by atoms with Crippen LogP contribution in [0.5, 0.6) is 0 Å². The van der Waals surface area contributed by atoms with Crippen molar-refractivity contribution in [2.24, 2.45) is 0 Å². The zero-order valence-electron chi connectivity index (χ0n) is 36.9. The van der Waals surface area contributed by atoms with E-state index in [1.54, 1.807) is 6.07 Å². The van der Waals surface area contributed by atoms with E-state index in [1.165, 1.54) is 105 Å². The molecule has 0 saturated heterocycles. The minimum atomic E-state index is -0.234. The average Bonchev–Trinajstić information content (AvgIpc) is 3.71. The molecule has 0 radical (unpaired) electrons. The lowest BCUT2D eigenvalue weighted by atomic mass is 9.79. The summed E-state index contributed by atoms with van der Waals surface area (Å²) in [7, 11) is 0. The van der Waals surface area contributed by atoms with Crippen molar-refractivity contribution in [1.29, 1.82) is 0 Å². The van der Waals surface area contributed by atoms with Gasteiger partial charge in [-0.25, -0.2) is 4.39 Å². The molecule has 0 aliphatic heterocycles. The number of halogens is 1. The van der Waals surface area contributed by atoms with E-state index in [0.717, 1.165) is 32.7 Å². The summed E-state index contributed by atoms with van der Waals surface area (Å²) in [4.78, 5) is 0. The molecule has 0 unspecified atom stereocenters. The molecule has 0 aromatic heterocycles. The summed E-state index contributed by atoms with van der Waals surface area (Å²) < 4.78 is 14.9. The van der Waals surface area contributed by atoms with Crippen LogP contribution in [0.25, 0.3) is 110 Å². The molecule has 0 N–H and O–H groups in total. The second-order valence-electron chi connectivity index (χ2n) is 19.3. The lowest BCUT2D eigenvalue weighted by Gasteiger charge is -2.24. The van der Waals surface area contributed by atoms with E-state index >= 15 is 0 Å². The fourth-order valence-corrected chi connectivity index (χ4v) is 12.0. The highest BCUT2D eigenvalue weighted by molar-refractivity contribution is 6.30. The lowest BCUT2D eigenvalue weighted by molar-refractivity contribution is 0.628. The molecular formula is C64H45F. The predicted molar refractivity (Wildman–Crippen MR) is 273 cm³/mol. The standard InChI is InChI=1S/C64H45F/c1-63(2)55-27-14-13-18-43(55)44-31-28-38(35-56(44)63)39-29-32-45-46-33-30-41(37-58(46)64(3,4)57(45)36-39)60-49-21-7-11-25-53(49)62(54-26-12-8-22-50(54)60)61-51-23-9-5-19-47(51)59(40-16-15-17-42(65)34-40)48-20-6-10-24-52(48)61/h5-37H,1-4H3. The van der Waals surface area contributed by atoms with Crippen molar-refractivity contribution in [3.05, 3.63) is 228 Å². The minimum Gasteiger partial charge on any atom is -0.207 e. The highest BCUT2D eigenvalue weighted by atomic mass is 19.1. The van der Waals surface area contributed by atoms with E-state index < -0.39 is 0 Å². The summed E-state index contributed by atoms with van der Waals surface area (Å²) in [6.45, 7) is 9.52. The van der Waals surface area contributed by atoms with Crippen LogP contribution in [0.15, 0.2) is 200 Å². The third-order valence-electron chi connectivity index (χ3n) is 15.1. The van der Waals surface area contributed by atoms with Crippen molar-refractivity contribution in [3.63, 3.8) is 0 Å². The van der Waals surface area contributed by atoms with Gasteiger partial charge in [0.05, 0.1) is 0 Å². The topological polar surface area (TPSA) is 0 Å². The summed E-state index contributed by atoms with van der Waals surface area (Å²) in [6.07, 6.45) is 0. The van der Waals surface area contributed by atoms with Gasteiger partial charge in [0, 0.05) is 10.8 Å². The molecule has 308 valence electrons. The second-order valence-corrected chi connectivity index (χ2v) is 19.3. The number of fused-ring (bicyclic) bond motifs is 10. The van der Waals surface area contributed by atoms with Crippen molar-refractivity contribution < 1.29 is 4.39 Å². The molecule has 0 heterocycles. The molecule has 0 amide bonds. The molecule has 0 nitrogen and oxygen atoms in total. The van der Waals surface area contributed by atoms with Crippen LogP contribution < -0.4 is 0 Å². The van der Waals surface area contributed by atoms with Crippen LogP contribution in [0.2, 0.25) is 0 Å². The highest BCUT2D eigenvalue weighted by Gasteiger charge is 2.38. The van der Waals surface area contributed by atoms with E-state index in [4.69, 9.17) is 0 Å². The fraction of sp³-hybridized carbons (Fsp3) is 0.0938. The third kappa shape index (κ3) is 5.36. The van der Waals surface area contributed by atoms with Crippen molar-refractivity contribution in [2.75, 3.05) is 0 Å². The van der Waals surface area contributed by atoms with Gasteiger partial charge in [0.25, 0.3) is 0 Å². The maximum absolute atomic E-state index is 14.9. The molecular weight excluding hydrogens is 788 g/mol. The molecule has 0 bridgehead atoms. The second kappa shape index (κ2) is 13.7. The SMILES string of the molecule is CC1(C)c2ccccc2-c2ccc(-c3ccc4c(c3)C(C)(C)c3cc(-c5c6ccccc6c(-c6c7ccccc7c(-c7cccc(F)c7)c7ccccc67)c6ccccc56)ccc3-4)cc21. The summed E-state index contributed by atoms with van der Waals surface area (Å²) in [5.74, 6) is -0.234. The third-order valence-corrected chi connectivity index (χ3v) is 15.1. The van der Waals surface area contributed by atoms with Crippen molar-refractivity contribution in [1.82, 2.24) is 0 Å². The predicted octanol–water partition coefficient (Wildman–Crippen LogP) is 17.7. The van der Waals surface area contributed by atoms with Gasteiger partial charge in [-0.1, -0.05) is 198 Å². The van der Waals surface area contributed by atoms with Gasteiger partial charge in [0.15, 0.2) is 0 Å². The summed E-state index contributed by atoms with van der Waals surface area (Å²) in [5, 5.41) is 9.39. The quantitative estimate of drug-likeness (QED) is 0.155. The van der Waals surface area contributed by atoms with Crippen molar-refractivity contribution >= 4 is 43.1 Å². The Morgan fingerprint density at radius 3 is 1.02 bits per heavy atom. The molecule has 0 fully saturated rings. The first-order valence-electron chi connectivity index (χ1n) is 22.9. The van der Waals surface area contributed by atoms with Crippen LogP contribution >= 0.6 is 0 Å². The first kappa shape index (κ1) is 37.9. The molecule has 0 saturated carbocycles. The number of rotatable bonds is 4. The molecule has 0 atom stereocenters. The molecule has 1 heteroatoms. The Hall–Kier alpha value is -7.61. The van der Waals surface area contributed by atoms with E-state index in [1.807, 2.05) is 12.1 Å². The Morgan fingerprint density at radius 1 is 0.262 bits per heavy atom. The maximum atomic E-state index is 14.9. The summed E-state index contributed by atoms with van der Waals surface area (Å²) in [6, 6.07) is 72.6. The Bertz CT molecular complexity index is 3730. The lowest BCUT2D eigenvalue weighted by Crippen LogP contribution is -2.15. The van der Waals surface area contributed by atoms with Crippen LogP contribution in [0.3, 0.4) is 0 Å². The molecule has 2 aliphatic carbocycles. The average molecular weight is 833 g/mol. The zero-order valence-corrected chi connectivity index (χ0v) is 36.9. The molecule has 0 spiro atoms. The number of benzene rings is 11. The van der Waals surface area contributed by atoms with Crippen LogP contribution in [-0.4, -0.2) is 0 Å². The van der Waals surface area contributed by atoms with E-state index in [2.05, 4.69) is 204 Å². The van der Waals surface area contributed by atoms with Crippen LogP contribution in [0, 0.1) is 5.82 Å². The van der Waals surface area contributed by atoms with Gasteiger partial charge in [-0.05, 0) is 162 Å². The van der Waals surface area contributed by atoms with Gasteiger partial charge >= 0.3 is 0 Å². The first-order chi connectivity index (χ1) is 31.7. The van der Waals surface area contributed by atoms with Gasteiger partial charge in [-0.3, -0.25) is 0 Å². The van der Waals surface area contributed by atoms with Gasteiger partial charge < -0.3 is 0 Å². The first-order valence-corrected chi connectivity index (χ1v) is 22.9.